The summed E-state index contributed by atoms with van der Waals surface area (Å²) < 4.78 is 0. The fourth-order valence-corrected chi connectivity index (χ4v) is 1.22. The molecule has 4 N–H and O–H groups in total. The highest BCUT2D eigenvalue weighted by atomic mass is 16.5. The molecule has 80 valence electrons. The number of hydrogen-bond donors (Lipinski definition) is 3. The number of rotatable bonds is 7. The molecule has 0 aromatic rings. The van der Waals surface area contributed by atoms with E-state index in [1.54, 1.807) is 6.92 Å². The van der Waals surface area contributed by atoms with E-state index in [-0.39, 0.29) is 0 Å². The van der Waals surface area contributed by atoms with Crippen LogP contribution in [0.25, 0.3) is 0 Å². The van der Waals surface area contributed by atoms with E-state index in [1.165, 1.54) is 19.3 Å². The van der Waals surface area contributed by atoms with Gasteiger partial charge in [-0.3, -0.25) is 0 Å². The maximum absolute atomic E-state index is 9.38. The van der Waals surface area contributed by atoms with E-state index in [9.17, 15) is 10.2 Å². The third-order valence-electron chi connectivity index (χ3n) is 2.38. The van der Waals surface area contributed by atoms with Crippen LogP contribution < -0.4 is 5.73 Å². The van der Waals surface area contributed by atoms with Gasteiger partial charge in [-0.1, -0.05) is 32.6 Å². The molecule has 13 heavy (non-hydrogen) atoms. The molecule has 0 amide bonds. The van der Waals surface area contributed by atoms with Gasteiger partial charge in [0.2, 0.25) is 0 Å². The first kappa shape index (κ1) is 12.9. The smallest absolute Gasteiger partial charge is 0.177 e. The Kier molecular flexibility index (Phi) is 6.29. The Morgan fingerprint density at radius 1 is 1.15 bits per heavy atom. The van der Waals surface area contributed by atoms with Crippen LogP contribution in [0.3, 0.4) is 0 Å². The maximum atomic E-state index is 9.38. The lowest BCUT2D eigenvalue weighted by atomic mass is 10.0. The predicted molar refractivity (Wildman–Crippen MR) is 54.2 cm³/mol. The summed E-state index contributed by atoms with van der Waals surface area (Å²) in [5.74, 6) is -1.67. The molecule has 0 spiro atoms. The fraction of sp³-hybridized carbons (Fsp3) is 1.00. The molecule has 0 fully saturated rings. The molecule has 0 saturated carbocycles. The lowest BCUT2D eigenvalue weighted by molar-refractivity contribution is -0.178. The topological polar surface area (TPSA) is 66.5 Å². The molecule has 0 radical (unpaired) electrons. The van der Waals surface area contributed by atoms with Gasteiger partial charge in [0.25, 0.3) is 0 Å². The molecule has 0 rings (SSSR count). The van der Waals surface area contributed by atoms with Crippen molar-refractivity contribution in [3.63, 3.8) is 0 Å². The average molecular weight is 189 g/mol. The van der Waals surface area contributed by atoms with Gasteiger partial charge in [-0.05, 0) is 13.3 Å². The molecule has 0 aromatic carbocycles. The van der Waals surface area contributed by atoms with Crippen molar-refractivity contribution in [3.8, 4) is 0 Å². The van der Waals surface area contributed by atoms with Crippen LogP contribution >= 0.6 is 0 Å². The maximum Gasteiger partial charge on any atom is 0.177 e. The monoisotopic (exact) mass is 189 g/mol. The van der Waals surface area contributed by atoms with Gasteiger partial charge in [-0.15, -0.1) is 0 Å². The Morgan fingerprint density at radius 3 is 2.15 bits per heavy atom. The van der Waals surface area contributed by atoms with Crippen LogP contribution in [0.5, 0.6) is 0 Å². The quantitative estimate of drug-likeness (QED) is 0.418. The summed E-state index contributed by atoms with van der Waals surface area (Å²) in [4.78, 5) is 0. The van der Waals surface area contributed by atoms with Gasteiger partial charge >= 0.3 is 0 Å². The van der Waals surface area contributed by atoms with E-state index < -0.39 is 11.8 Å². The van der Waals surface area contributed by atoms with Crippen molar-refractivity contribution >= 4 is 0 Å². The molecular weight excluding hydrogens is 166 g/mol. The SMILES string of the molecule is CCCCCCCC(O)(O)C(C)N. The third-order valence-corrected chi connectivity index (χ3v) is 2.38. The lowest BCUT2D eigenvalue weighted by Crippen LogP contribution is -2.45. The van der Waals surface area contributed by atoms with E-state index in [2.05, 4.69) is 6.92 Å². The lowest BCUT2D eigenvalue weighted by Gasteiger charge is -2.25. The van der Waals surface area contributed by atoms with Crippen molar-refractivity contribution < 1.29 is 10.2 Å². The zero-order valence-corrected chi connectivity index (χ0v) is 8.79. The molecule has 0 aliphatic heterocycles. The summed E-state index contributed by atoms with van der Waals surface area (Å²) in [6, 6.07) is -0.571. The second-order valence-corrected chi connectivity index (χ2v) is 3.83. The first-order chi connectivity index (χ1) is 6.00. The summed E-state index contributed by atoms with van der Waals surface area (Å²) in [5, 5.41) is 18.8. The van der Waals surface area contributed by atoms with Gasteiger partial charge in [0.05, 0.1) is 6.04 Å². The van der Waals surface area contributed by atoms with Gasteiger partial charge in [0.1, 0.15) is 0 Å². The highest BCUT2D eigenvalue weighted by Gasteiger charge is 2.26. The van der Waals surface area contributed by atoms with Crippen LogP contribution in [-0.4, -0.2) is 22.0 Å². The van der Waals surface area contributed by atoms with Gasteiger partial charge in [0.15, 0.2) is 5.79 Å². The van der Waals surface area contributed by atoms with E-state index in [1.807, 2.05) is 0 Å². The molecule has 3 heteroatoms. The molecule has 0 heterocycles. The van der Waals surface area contributed by atoms with Crippen molar-refractivity contribution in [3.05, 3.63) is 0 Å². The highest BCUT2D eigenvalue weighted by molar-refractivity contribution is 4.74. The first-order valence-corrected chi connectivity index (χ1v) is 5.21. The summed E-state index contributed by atoms with van der Waals surface area (Å²) in [6.45, 7) is 3.77. The molecule has 0 aliphatic carbocycles. The Morgan fingerprint density at radius 2 is 1.69 bits per heavy atom. The second kappa shape index (κ2) is 6.35. The third kappa shape index (κ3) is 6.02. The summed E-state index contributed by atoms with van der Waals surface area (Å²) in [6.07, 6.45) is 5.89. The fourth-order valence-electron chi connectivity index (χ4n) is 1.22. The van der Waals surface area contributed by atoms with E-state index in [0.717, 1.165) is 12.8 Å². The Bertz CT molecular complexity index is 124. The van der Waals surface area contributed by atoms with Gasteiger partial charge < -0.3 is 15.9 Å². The molecule has 0 aromatic heterocycles. The molecule has 3 nitrogen and oxygen atoms in total. The molecule has 1 atom stereocenters. The number of hydrogen-bond acceptors (Lipinski definition) is 3. The highest BCUT2D eigenvalue weighted by Crippen LogP contribution is 2.15. The van der Waals surface area contributed by atoms with E-state index in [4.69, 9.17) is 5.73 Å². The summed E-state index contributed by atoms with van der Waals surface area (Å²) in [5.41, 5.74) is 5.41. The zero-order valence-electron chi connectivity index (χ0n) is 8.79. The van der Waals surface area contributed by atoms with Crippen LogP contribution in [0.1, 0.15) is 52.4 Å². The standard InChI is InChI=1S/C10H23NO2/c1-3-4-5-6-7-8-10(12,13)9(2)11/h9,12-13H,3-8,11H2,1-2H3. The molecule has 0 saturated heterocycles. The number of unbranched alkanes of at least 4 members (excludes halogenated alkanes) is 4. The van der Waals surface area contributed by atoms with Gasteiger partial charge in [-0.2, -0.15) is 0 Å². The molecule has 0 aliphatic rings. The number of nitrogens with two attached hydrogens (primary N) is 1. The average Bonchev–Trinajstić information content (AvgIpc) is 2.03. The van der Waals surface area contributed by atoms with Crippen LogP contribution in [0.4, 0.5) is 0 Å². The second-order valence-electron chi connectivity index (χ2n) is 3.83. The number of aliphatic hydroxyl groups is 2. The zero-order chi connectivity index (χ0) is 10.3. The molecular formula is C10H23NO2. The first-order valence-electron chi connectivity index (χ1n) is 5.21. The minimum absolute atomic E-state index is 0.383. The summed E-state index contributed by atoms with van der Waals surface area (Å²) in [7, 11) is 0. The largest absolute Gasteiger partial charge is 0.364 e. The van der Waals surface area contributed by atoms with Gasteiger partial charge in [-0.25, -0.2) is 0 Å². The van der Waals surface area contributed by atoms with Crippen molar-refractivity contribution in [2.45, 2.75) is 64.2 Å². The minimum Gasteiger partial charge on any atom is -0.364 e. The van der Waals surface area contributed by atoms with Crippen molar-refractivity contribution in [1.29, 1.82) is 0 Å². The van der Waals surface area contributed by atoms with Crippen LogP contribution in [0.15, 0.2) is 0 Å². The predicted octanol–water partition coefficient (Wildman–Crippen LogP) is 1.38. The normalized spacial score (nSPS) is 14.5. The van der Waals surface area contributed by atoms with Crippen molar-refractivity contribution in [2.24, 2.45) is 5.73 Å². The van der Waals surface area contributed by atoms with Crippen molar-refractivity contribution in [2.75, 3.05) is 0 Å². The summed E-state index contributed by atoms with van der Waals surface area (Å²) >= 11 is 0. The molecule has 1 unspecified atom stereocenters. The van der Waals surface area contributed by atoms with Crippen molar-refractivity contribution in [1.82, 2.24) is 0 Å². The minimum atomic E-state index is -1.67. The Labute approximate surface area is 81.0 Å². The van der Waals surface area contributed by atoms with Crippen LogP contribution in [0, 0.1) is 0 Å². The Balaban J connectivity index is 3.41. The van der Waals surface area contributed by atoms with Gasteiger partial charge in [0, 0.05) is 6.42 Å². The van der Waals surface area contributed by atoms with E-state index in [0.29, 0.717) is 6.42 Å². The Hall–Kier alpha value is -0.120. The molecule has 0 bridgehead atoms. The van der Waals surface area contributed by atoms with E-state index >= 15 is 0 Å². The van der Waals surface area contributed by atoms with Crippen LogP contribution in [0.2, 0.25) is 0 Å². The van der Waals surface area contributed by atoms with Crippen LogP contribution in [-0.2, 0) is 0 Å².